The van der Waals surface area contributed by atoms with E-state index in [1.54, 1.807) is 34.5 Å². The van der Waals surface area contributed by atoms with Crippen LogP contribution in [0.3, 0.4) is 0 Å². The van der Waals surface area contributed by atoms with E-state index in [1.165, 1.54) is 0 Å². The number of aromatic nitrogens is 3. The molecule has 2 amide bonds. The van der Waals surface area contributed by atoms with Gasteiger partial charge in [0.1, 0.15) is 11.8 Å². The number of para-hydroxylation sites is 1. The number of hydrogen-bond donors (Lipinski definition) is 2. The number of anilines is 2. The summed E-state index contributed by atoms with van der Waals surface area (Å²) in [4.78, 5) is 30.3. The van der Waals surface area contributed by atoms with Crippen molar-refractivity contribution >= 4 is 23.2 Å². The van der Waals surface area contributed by atoms with Crippen molar-refractivity contribution in [2.45, 2.75) is 70.1 Å². The Labute approximate surface area is 268 Å². The van der Waals surface area contributed by atoms with Crippen LogP contribution < -0.4 is 9.80 Å². The molecule has 0 radical (unpaired) electrons. The van der Waals surface area contributed by atoms with Crippen molar-refractivity contribution in [3.8, 4) is 0 Å². The second kappa shape index (κ2) is 11.5. The third kappa shape index (κ3) is 5.01. The summed E-state index contributed by atoms with van der Waals surface area (Å²) >= 11 is 0. The van der Waals surface area contributed by atoms with Crippen LogP contribution in [-0.4, -0.2) is 55.3 Å². The zero-order valence-electron chi connectivity index (χ0n) is 26.3. The number of benzene rings is 3. The maximum absolute atomic E-state index is 14.6. The molecule has 2 N–H and O–H groups in total. The highest BCUT2D eigenvalue weighted by molar-refractivity contribution is 6.07. The molecule has 2 fully saturated rings. The molecule has 1 aromatic heterocycles. The molecule has 238 valence electrons. The summed E-state index contributed by atoms with van der Waals surface area (Å²) in [6, 6.07) is 24.8. The SMILES string of the molecule is C[C@@H]1[C@@H](C(C)(C)O)[C@H](CCn2cc([C@H](O)c3ccccc3)nn2)O[C@@]12C(=O)N(Cc1cccc(N3CCC3=O)c1)c1ccccc12. The summed E-state index contributed by atoms with van der Waals surface area (Å²) in [5.74, 6) is -0.752. The van der Waals surface area contributed by atoms with E-state index >= 15 is 0 Å². The van der Waals surface area contributed by atoms with Crippen LogP contribution in [0.25, 0.3) is 0 Å². The van der Waals surface area contributed by atoms with Crippen LogP contribution in [0.4, 0.5) is 11.4 Å². The highest BCUT2D eigenvalue weighted by Gasteiger charge is 2.65. The molecule has 4 heterocycles. The number of nitrogens with zero attached hydrogens (tertiary/aromatic N) is 5. The number of carbonyl (C=O) groups excluding carboxylic acids is 2. The first-order valence-corrected chi connectivity index (χ1v) is 15.9. The lowest BCUT2D eigenvalue weighted by atomic mass is 9.71. The molecule has 5 atom stereocenters. The van der Waals surface area contributed by atoms with E-state index in [0.29, 0.717) is 38.2 Å². The number of aryl methyl sites for hydroxylation is 1. The van der Waals surface area contributed by atoms with Gasteiger partial charge in [0.2, 0.25) is 5.91 Å². The smallest absolute Gasteiger partial charge is 0.264 e. The average molecular weight is 622 g/mol. The molecule has 10 nitrogen and oxygen atoms in total. The van der Waals surface area contributed by atoms with Gasteiger partial charge >= 0.3 is 0 Å². The lowest BCUT2D eigenvalue weighted by Crippen LogP contribution is -2.46. The molecule has 0 bridgehead atoms. The van der Waals surface area contributed by atoms with Crippen molar-refractivity contribution in [2.24, 2.45) is 11.8 Å². The van der Waals surface area contributed by atoms with E-state index in [-0.39, 0.29) is 23.7 Å². The minimum absolute atomic E-state index is 0.102. The maximum Gasteiger partial charge on any atom is 0.264 e. The number of β-lactam (4-membered cyclic amide) rings is 1. The molecular formula is C36H39N5O5. The van der Waals surface area contributed by atoms with Crippen molar-refractivity contribution in [3.05, 3.63) is 107 Å². The number of amides is 2. The molecule has 3 aliphatic rings. The van der Waals surface area contributed by atoms with Crippen molar-refractivity contribution in [3.63, 3.8) is 0 Å². The summed E-state index contributed by atoms with van der Waals surface area (Å²) in [6.07, 6.45) is 1.41. The number of hydrogen-bond acceptors (Lipinski definition) is 7. The van der Waals surface area contributed by atoms with Gasteiger partial charge in [-0.25, -0.2) is 0 Å². The second-order valence-corrected chi connectivity index (χ2v) is 13.2. The molecule has 1 spiro atoms. The van der Waals surface area contributed by atoms with Gasteiger partial charge in [0.05, 0.1) is 30.1 Å². The standard InChI is InChI=1S/C36H39N5O5/c1-23-32(35(2,3)45)30(16-18-39-22-28(37-38-39)33(43)25-11-5-4-6-12-25)46-36(23)27-14-7-8-15-29(27)41(34(36)44)21-24-10-9-13-26(20-24)40-19-17-31(40)42/h4-15,20,22-23,30,32-33,43,45H,16-19,21H2,1-3H3/t23-,30+,32-,33-,36+/m1/s1. The number of fused-ring (bicyclic) bond motifs is 2. The van der Waals surface area contributed by atoms with Gasteiger partial charge in [-0.05, 0) is 49.6 Å². The van der Waals surface area contributed by atoms with Gasteiger partial charge in [-0.3, -0.25) is 14.3 Å². The quantitative estimate of drug-likeness (QED) is 0.267. The molecular weight excluding hydrogens is 582 g/mol. The second-order valence-electron chi connectivity index (χ2n) is 13.2. The van der Waals surface area contributed by atoms with Crippen molar-refractivity contribution in [1.29, 1.82) is 0 Å². The van der Waals surface area contributed by atoms with Gasteiger partial charge in [-0.2, -0.15) is 0 Å². The molecule has 3 aromatic carbocycles. The molecule has 0 saturated carbocycles. The van der Waals surface area contributed by atoms with Gasteiger partial charge in [0.25, 0.3) is 5.91 Å². The number of ether oxygens (including phenoxy) is 1. The van der Waals surface area contributed by atoms with Crippen molar-refractivity contribution in [2.75, 3.05) is 16.3 Å². The fourth-order valence-electron chi connectivity index (χ4n) is 7.67. The summed E-state index contributed by atoms with van der Waals surface area (Å²) in [5.41, 5.74) is 2.11. The summed E-state index contributed by atoms with van der Waals surface area (Å²) in [7, 11) is 0. The third-order valence-electron chi connectivity index (χ3n) is 9.90. The van der Waals surface area contributed by atoms with Crippen LogP contribution in [0.15, 0.2) is 85.1 Å². The molecule has 3 aliphatic heterocycles. The Morgan fingerprint density at radius 1 is 1.04 bits per heavy atom. The molecule has 0 aliphatic carbocycles. The topological polar surface area (TPSA) is 121 Å². The van der Waals surface area contributed by atoms with Crippen molar-refractivity contribution in [1.82, 2.24) is 15.0 Å². The van der Waals surface area contributed by atoms with Crippen LogP contribution in [0, 0.1) is 11.8 Å². The summed E-state index contributed by atoms with van der Waals surface area (Å²) in [6.45, 7) is 7.01. The molecule has 46 heavy (non-hydrogen) atoms. The van der Waals surface area contributed by atoms with Gasteiger partial charge in [-0.1, -0.05) is 72.8 Å². The van der Waals surface area contributed by atoms with Crippen molar-refractivity contribution < 1.29 is 24.5 Å². The predicted molar refractivity (Wildman–Crippen MR) is 172 cm³/mol. The van der Waals surface area contributed by atoms with E-state index < -0.39 is 23.4 Å². The Hall–Kier alpha value is -4.38. The molecule has 0 unspecified atom stereocenters. The first kappa shape index (κ1) is 30.3. The highest BCUT2D eigenvalue weighted by Crippen LogP contribution is 2.58. The molecule has 7 rings (SSSR count). The van der Waals surface area contributed by atoms with Crippen LogP contribution in [0.2, 0.25) is 0 Å². The predicted octanol–water partition coefficient (Wildman–Crippen LogP) is 4.35. The van der Waals surface area contributed by atoms with Crippen LogP contribution in [0.5, 0.6) is 0 Å². The minimum atomic E-state index is -1.27. The number of aliphatic hydroxyl groups excluding tert-OH is 1. The molecule has 4 aromatic rings. The number of carbonyl (C=O) groups is 2. The minimum Gasteiger partial charge on any atom is -0.390 e. The Balaban J connectivity index is 1.15. The van der Waals surface area contributed by atoms with Gasteiger partial charge in [0, 0.05) is 42.6 Å². The fraction of sp³-hybridized carbons (Fsp3) is 0.389. The summed E-state index contributed by atoms with van der Waals surface area (Å²) < 4.78 is 8.58. The van der Waals surface area contributed by atoms with Gasteiger partial charge < -0.3 is 24.7 Å². The largest absolute Gasteiger partial charge is 0.390 e. The van der Waals surface area contributed by atoms with Crippen LogP contribution in [0.1, 0.15) is 62.1 Å². The van der Waals surface area contributed by atoms with E-state index in [1.807, 2.05) is 85.8 Å². The fourth-order valence-corrected chi connectivity index (χ4v) is 7.67. The summed E-state index contributed by atoms with van der Waals surface area (Å²) in [5, 5.41) is 30.7. The Morgan fingerprint density at radius 2 is 1.80 bits per heavy atom. The normalized spacial score (nSPS) is 24.8. The Kier molecular flexibility index (Phi) is 7.54. The van der Waals surface area contributed by atoms with Gasteiger partial charge in [0.15, 0.2) is 5.60 Å². The zero-order chi connectivity index (χ0) is 32.2. The van der Waals surface area contributed by atoms with Gasteiger partial charge in [-0.15, -0.1) is 5.10 Å². The Morgan fingerprint density at radius 3 is 2.52 bits per heavy atom. The number of aliphatic hydroxyl groups is 2. The van der Waals surface area contributed by atoms with E-state index in [9.17, 15) is 19.8 Å². The number of rotatable bonds is 9. The molecule has 10 heteroatoms. The van der Waals surface area contributed by atoms with Crippen LogP contribution in [-0.2, 0) is 33.0 Å². The van der Waals surface area contributed by atoms with E-state index in [2.05, 4.69) is 10.3 Å². The van der Waals surface area contributed by atoms with Crippen LogP contribution >= 0.6 is 0 Å². The maximum atomic E-state index is 14.6. The zero-order valence-corrected chi connectivity index (χ0v) is 26.3. The van der Waals surface area contributed by atoms with E-state index in [0.717, 1.165) is 28.1 Å². The van der Waals surface area contributed by atoms with E-state index in [4.69, 9.17) is 4.74 Å². The lowest BCUT2D eigenvalue weighted by molar-refractivity contribution is -0.146. The highest BCUT2D eigenvalue weighted by atomic mass is 16.5. The Bertz CT molecular complexity index is 1770. The third-order valence-corrected chi connectivity index (χ3v) is 9.90. The first-order chi connectivity index (χ1) is 22.1. The average Bonchev–Trinajstić information content (AvgIpc) is 3.70. The lowest BCUT2D eigenvalue weighted by Gasteiger charge is -2.34. The molecule has 2 saturated heterocycles. The first-order valence-electron chi connectivity index (χ1n) is 15.9. The monoisotopic (exact) mass is 621 g/mol.